The number of hydrogen-bond donors (Lipinski definition) is 2. The van der Waals surface area contributed by atoms with Gasteiger partial charge in [0, 0.05) is 5.30 Å². The van der Waals surface area contributed by atoms with Gasteiger partial charge in [0.25, 0.3) is 0 Å². The van der Waals surface area contributed by atoms with Gasteiger partial charge in [0.15, 0.2) is 8.38 Å². The first-order valence-electron chi connectivity index (χ1n) is 2.53. The van der Waals surface area contributed by atoms with E-state index in [9.17, 15) is 0 Å². The standard InChI is InChI=1S/C6H7O2P.K.H/c7-9(8)6-4-2-1-3-5-6;;/h1-5,7-8H;;. The van der Waals surface area contributed by atoms with Crippen LogP contribution in [0, 0.1) is 0 Å². The second-order valence-corrected chi connectivity index (χ2v) is 2.72. The monoisotopic (exact) mass is 182 g/mol. The summed E-state index contributed by atoms with van der Waals surface area (Å²) in [6.07, 6.45) is 0. The van der Waals surface area contributed by atoms with Crippen molar-refractivity contribution in [3.63, 3.8) is 0 Å². The molecule has 1 aromatic rings. The van der Waals surface area contributed by atoms with Crippen LogP contribution in [0.2, 0.25) is 0 Å². The molecule has 0 fully saturated rings. The van der Waals surface area contributed by atoms with Gasteiger partial charge in [-0.2, -0.15) is 0 Å². The van der Waals surface area contributed by atoms with Gasteiger partial charge in [-0.05, 0) is 12.1 Å². The van der Waals surface area contributed by atoms with Crippen molar-refractivity contribution in [3.05, 3.63) is 30.3 Å². The first-order valence-corrected chi connectivity index (χ1v) is 3.78. The second kappa shape index (κ2) is 5.81. The summed E-state index contributed by atoms with van der Waals surface area (Å²) < 4.78 is 0. The van der Waals surface area contributed by atoms with E-state index < -0.39 is 8.38 Å². The van der Waals surface area contributed by atoms with Gasteiger partial charge in [0.1, 0.15) is 0 Å². The van der Waals surface area contributed by atoms with E-state index in [1.54, 1.807) is 24.3 Å². The average molecular weight is 182 g/mol. The van der Waals surface area contributed by atoms with E-state index >= 15 is 0 Å². The molecule has 0 radical (unpaired) electrons. The Hall–Kier alpha value is 1.21. The molecular weight excluding hydrogens is 174 g/mol. The zero-order chi connectivity index (χ0) is 6.69. The maximum absolute atomic E-state index is 8.64. The zero-order valence-electron chi connectivity index (χ0n) is 4.73. The zero-order valence-corrected chi connectivity index (χ0v) is 5.62. The summed E-state index contributed by atoms with van der Waals surface area (Å²) >= 11 is 0. The van der Waals surface area contributed by atoms with Crippen LogP contribution in [0.1, 0.15) is 0 Å². The van der Waals surface area contributed by atoms with Crippen molar-refractivity contribution < 1.29 is 9.79 Å². The maximum atomic E-state index is 8.64. The second-order valence-electron chi connectivity index (χ2n) is 1.62. The molecule has 0 aliphatic heterocycles. The molecule has 4 heteroatoms. The molecule has 0 atom stereocenters. The van der Waals surface area contributed by atoms with Gasteiger partial charge < -0.3 is 9.79 Å². The molecule has 50 valence electrons. The Balaban J connectivity index is 0.000000810. The van der Waals surface area contributed by atoms with E-state index in [1.165, 1.54) is 0 Å². The van der Waals surface area contributed by atoms with E-state index in [0.29, 0.717) is 5.30 Å². The third kappa shape index (κ3) is 3.55. The van der Waals surface area contributed by atoms with Gasteiger partial charge in [-0.3, -0.25) is 0 Å². The summed E-state index contributed by atoms with van der Waals surface area (Å²) in [6, 6.07) is 8.76. The van der Waals surface area contributed by atoms with E-state index in [-0.39, 0.29) is 51.4 Å². The third-order valence-electron chi connectivity index (χ3n) is 0.987. The Bertz CT molecular complexity index is 178. The molecule has 0 saturated carbocycles. The van der Waals surface area contributed by atoms with Crippen molar-refractivity contribution in [1.82, 2.24) is 0 Å². The quantitative estimate of drug-likeness (QED) is 0.472. The Morgan fingerprint density at radius 2 is 1.50 bits per heavy atom. The predicted octanol–water partition coefficient (Wildman–Crippen LogP) is -0.0401. The SMILES string of the molecule is OP(O)c1ccccc1.[KH]. The molecule has 0 aromatic heterocycles. The summed E-state index contributed by atoms with van der Waals surface area (Å²) in [6.45, 7) is 0. The van der Waals surface area contributed by atoms with Gasteiger partial charge in [-0.1, -0.05) is 18.2 Å². The third-order valence-corrected chi connectivity index (χ3v) is 1.75. The Kier molecular flexibility index (Phi) is 6.51. The number of hydrogen-bond acceptors (Lipinski definition) is 2. The van der Waals surface area contributed by atoms with Crippen molar-refractivity contribution in [3.8, 4) is 0 Å². The van der Waals surface area contributed by atoms with E-state index in [0.717, 1.165) is 0 Å². The summed E-state index contributed by atoms with van der Waals surface area (Å²) in [5, 5.41) is 0.590. The van der Waals surface area contributed by atoms with Gasteiger partial charge in [0.2, 0.25) is 0 Å². The summed E-state index contributed by atoms with van der Waals surface area (Å²) in [4.78, 5) is 17.3. The van der Waals surface area contributed by atoms with Crippen LogP contribution in [0.15, 0.2) is 30.3 Å². The molecule has 10 heavy (non-hydrogen) atoms. The minimum atomic E-state index is -1.90. The summed E-state index contributed by atoms with van der Waals surface area (Å²) in [7, 11) is -1.90. The summed E-state index contributed by atoms with van der Waals surface area (Å²) in [5.74, 6) is 0. The molecule has 1 aromatic carbocycles. The normalized spacial score (nSPS) is 9.10. The molecule has 0 spiro atoms. The van der Waals surface area contributed by atoms with Gasteiger partial charge in [-0.25, -0.2) is 0 Å². The van der Waals surface area contributed by atoms with Gasteiger partial charge in [-0.15, -0.1) is 0 Å². The van der Waals surface area contributed by atoms with Crippen LogP contribution < -0.4 is 5.30 Å². The number of benzene rings is 1. The van der Waals surface area contributed by atoms with Crippen LogP contribution in [-0.4, -0.2) is 61.2 Å². The van der Waals surface area contributed by atoms with Crippen molar-refractivity contribution in [2.45, 2.75) is 0 Å². The van der Waals surface area contributed by atoms with Crippen molar-refractivity contribution >= 4 is 65.1 Å². The molecule has 0 bridgehead atoms. The number of rotatable bonds is 1. The molecule has 0 unspecified atom stereocenters. The molecular formula is C6H8KO2P. The Morgan fingerprint density at radius 1 is 1.00 bits per heavy atom. The molecule has 0 heterocycles. The fraction of sp³-hybridized carbons (Fsp3) is 0. The van der Waals surface area contributed by atoms with Crippen LogP contribution in [0.5, 0.6) is 0 Å². The molecule has 1 rings (SSSR count). The van der Waals surface area contributed by atoms with E-state index in [4.69, 9.17) is 9.79 Å². The van der Waals surface area contributed by atoms with E-state index in [1.807, 2.05) is 6.07 Å². The predicted molar refractivity (Wildman–Crippen MR) is 44.6 cm³/mol. The van der Waals surface area contributed by atoms with Crippen molar-refractivity contribution in [1.29, 1.82) is 0 Å². The molecule has 0 saturated heterocycles. The average Bonchev–Trinajstić information content (AvgIpc) is 1.90. The first kappa shape index (κ1) is 11.2. The van der Waals surface area contributed by atoms with Gasteiger partial charge >= 0.3 is 51.4 Å². The van der Waals surface area contributed by atoms with Crippen LogP contribution in [0.3, 0.4) is 0 Å². The van der Waals surface area contributed by atoms with Crippen molar-refractivity contribution in [2.24, 2.45) is 0 Å². The Morgan fingerprint density at radius 3 is 1.80 bits per heavy atom. The minimum absolute atomic E-state index is 0. The molecule has 0 amide bonds. The fourth-order valence-electron chi connectivity index (χ4n) is 0.561. The van der Waals surface area contributed by atoms with Crippen LogP contribution in [0.25, 0.3) is 0 Å². The molecule has 0 aliphatic rings. The fourth-order valence-corrected chi connectivity index (χ4v) is 1.00. The van der Waals surface area contributed by atoms with Crippen molar-refractivity contribution in [2.75, 3.05) is 0 Å². The first-order chi connectivity index (χ1) is 4.30. The summed E-state index contributed by atoms with van der Waals surface area (Å²) in [5.41, 5.74) is 0. The molecule has 2 nitrogen and oxygen atoms in total. The van der Waals surface area contributed by atoms with Gasteiger partial charge in [0.05, 0.1) is 0 Å². The topological polar surface area (TPSA) is 40.5 Å². The van der Waals surface area contributed by atoms with Crippen LogP contribution >= 0.6 is 8.38 Å². The van der Waals surface area contributed by atoms with Crippen LogP contribution in [0.4, 0.5) is 0 Å². The molecule has 0 aliphatic carbocycles. The van der Waals surface area contributed by atoms with Crippen LogP contribution in [-0.2, 0) is 0 Å². The Labute approximate surface area is 104 Å². The van der Waals surface area contributed by atoms with E-state index in [2.05, 4.69) is 0 Å². The molecule has 2 N–H and O–H groups in total.